The fourth-order valence-corrected chi connectivity index (χ4v) is 1.56. The largest absolute Gasteiger partial charge is 0.468 e. The van der Waals surface area contributed by atoms with E-state index in [0.29, 0.717) is 6.42 Å². The van der Waals surface area contributed by atoms with E-state index >= 15 is 0 Å². The number of hydrogen-bond donors (Lipinski definition) is 2. The van der Waals surface area contributed by atoms with Gasteiger partial charge in [0, 0.05) is 12.1 Å². The highest BCUT2D eigenvalue weighted by molar-refractivity contribution is 5.86. The summed E-state index contributed by atoms with van der Waals surface area (Å²) in [6, 6.07) is 0. The summed E-state index contributed by atoms with van der Waals surface area (Å²) >= 11 is 0. The molecule has 1 heterocycles. The van der Waals surface area contributed by atoms with Crippen LogP contribution < -0.4 is 5.73 Å². The molecule has 70 valence electrons. The summed E-state index contributed by atoms with van der Waals surface area (Å²) in [7, 11) is 1.35. The molecule has 13 heavy (non-hydrogen) atoms. The minimum absolute atomic E-state index is 0.0544. The fraction of sp³-hybridized carbons (Fsp3) is 0.500. The molecule has 1 aromatic heterocycles. The minimum atomic E-state index is -0.821. The summed E-state index contributed by atoms with van der Waals surface area (Å²) in [5.41, 5.74) is 5.96. The Labute approximate surface area is 75.3 Å². The molecular formula is C8H11N3O2. The average Bonchev–Trinajstić information content (AvgIpc) is 2.65. The molecule has 0 unspecified atom stereocenters. The molecule has 1 saturated carbocycles. The van der Waals surface area contributed by atoms with Crippen LogP contribution in [0.25, 0.3) is 0 Å². The number of hydrogen-bond acceptors (Lipinski definition) is 4. The van der Waals surface area contributed by atoms with Crippen LogP contribution in [0.3, 0.4) is 0 Å². The van der Waals surface area contributed by atoms with Gasteiger partial charge in [0.15, 0.2) is 0 Å². The Morgan fingerprint density at radius 3 is 3.23 bits per heavy atom. The monoisotopic (exact) mass is 181 g/mol. The molecule has 0 aromatic carbocycles. The van der Waals surface area contributed by atoms with Crippen LogP contribution in [0.1, 0.15) is 17.9 Å². The van der Waals surface area contributed by atoms with E-state index in [1.807, 2.05) is 0 Å². The smallest absolute Gasteiger partial charge is 0.326 e. The molecule has 0 spiro atoms. The molecule has 0 radical (unpaired) electrons. The lowest BCUT2D eigenvalue weighted by Crippen LogP contribution is -2.35. The van der Waals surface area contributed by atoms with E-state index in [1.54, 1.807) is 12.4 Å². The molecule has 1 aliphatic rings. The van der Waals surface area contributed by atoms with Crippen LogP contribution in [0.4, 0.5) is 0 Å². The third kappa shape index (κ3) is 1.12. The molecule has 0 amide bonds. The summed E-state index contributed by atoms with van der Waals surface area (Å²) < 4.78 is 4.61. The van der Waals surface area contributed by atoms with Crippen LogP contribution in [0.2, 0.25) is 0 Å². The van der Waals surface area contributed by atoms with Gasteiger partial charge in [-0.2, -0.15) is 5.10 Å². The van der Waals surface area contributed by atoms with Crippen molar-refractivity contribution in [1.29, 1.82) is 0 Å². The first-order valence-corrected chi connectivity index (χ1v) is 4.04. The lowest BCUT2D eigenvalue weighted by molar-refractivity contribution is -0.143. The number of aromatic amines is 1. The Balaban J connectivity index is 2.14. The van der Waals surface area contributed by atoms with Crippen LogP contribution in [-0.4, -0.2) is 28.8 Å². The Kier molecular flexibility index (Phi) is 1.63. The van der Waals surface area contributed by atoms with Gasteiger partial charge in [-0.1, -0.05) is 0 Å². The van der Waals surface area contributed by atoms with Gasteiger partial charge in [0.25, 0.3) is 0 Å². The van der Waals surface area contributed by atoms with Crippen LogP contribution in [-0.2, 0) is 9.53 Å². The summed E-state index contributed by atoms with van der Waals surface area (Å²) in [4.78, 5) is 11.2. The van der Waals surface area contributed by atoms with Crippen molar-refractivity contribution in [2.75, 3.05) is 7.11 Å². The highest BCUT2D eigenvalue weighted by Gasteiger charge is 2.59. The fourth-order valence-electron chi connectivity index (χ4n) is 1.56. The number of esters is 1. The Bertz CT molecular complexity index is 322. The van der Waals surface area contributed by atoms with E-state index in [1.165, 1.54) is 7.11 Å². The van der Waals surface area contributed by atoms with Crippen LogP contribution in [0, 0.1) is 0 Å². The standard InChI is InChI=1S/C8H11N3O2/c1-13-7(12)8(9)2-6(8)5-3-10-11-4-5/h3-4,6H,2,9H2,1H3,(H,10,11)/t6-,8-/m0/s1. The number of rotatable bonds is 2. The van der Waals surface area contributed by atoms with Crippen molar-refractivity contribution in [2.45, 2.75) is 17.9 Å². The van der Waals surface area contributed by atoms with E-state index in [9.17, 15) is 4.79 Å². The Hall–Kier alpha value is -1.36. The molecule has 0 aliphatic heterocycles. The van der Waals surface area contributed by atoms with Crippen molar-refractivity contribution in [3.63, 3.8) is 0 Å². The zero-order valence-corrected chi connectivity index (χ0v) is 7.28. The molecule has 1 aromatic rings. The molecule has 1 aliphatic carbocycles. The van der Waals surface area contributed by atoms with Crippen molar-refractivity contribution >= 4 is 5.97 Å². The van der Waals surface area contributed by atoms with Crippen molar-refractivity contribution < 1.29 is 9.53 Å². The predicted octanol–water partition coefficient (Wildman–Crippen LogP) is -0.233. The summed E-state index contributed by atoms with van der Waals surface area (Å²) in [6.45, 7) is 0. The van der Waals surface area contributed by atoms with Gasteiger partial charge < -0.3 is 10.5 Å². The predicted molar refractivity (Wildman–Crippen MR) is 44.9 cm³/mol. The third-order valence-corrected chi connectivity index (χ3v) is 2.49. The summed E-state index contributed by atoms with van der Waals surface area (Å²) in [6.07, 6.45) is 4.07. The molecule has 0 bridgehead atoms. The normalized spacial score (nSPS) is 31.4. The van der Waals surface area contributed by atoms with Gasteiger partial charge in [-0.15, -0.1) is 0 Å². The number of carbonyl (C=O) groups excluding carboxylic acids is 1. The number of H-pyrrole nitrogens is 1. The quantitative estimate of drug-likeness (QED) is 0.617. The molecule has 2 rings (SSSR count). The van der Waals surface area contributed by atoms with Gasteiger partial charge in [0.05, 0.1) is 13.3 Å². The maximum absolute atomic E-state index is 11.2. The number of methoxy groups -OCH3 is 1. The zero-order valence-electron chi connectivity index (χ0n) is 7.28. The van der Waals surface area contributed by atoms with Gasteiger partial charge >= 0.3 is 5.97 Å². The van der Waals surface area contributed by atoms with Crippen LogP contribution >= 0.6 is 0 Å². The van der Waals surface area contributed by atoms with Crippen molar-refractivity contribution in [3.8, 4) is 0 Å². The Morgan fingerprint density at radius 2 is 2.69 bits per heavy atom. The SMILES string of the molecule is COC(=O)[C@]1(N)C[C@H]1c1cn[nH]c1. The second-order valence-corrected chi connectivity index (χ2v) is 3.32. The van der Waals surface area contributed by atoms with Crippen LogP contribution in [0.15, 0.2) is 12.4 Å². The van der Waals surface area contributed by atoms with E-state index in [-0.39, 0.29) is 11.9 Å². The molecular weight excluding hydrogens is 170 g/mol. The molecule has 5 nitrogen and oxygen atoms in total. The number of carbonyl (C=O) groups is 1. The van der Waals surface area contributed by atoms with E-state index in [2.05, 4.69) is 14.9 Å². The number of ether oxygens (including phenoxy) is 1. The van der Waals surface area contributed by atoms with Crippen molar-refractivity contribution in [1.82, 2.24) is 10.2 Å². The third-order valence-electron chi connectivity index (χ3n) is 2.49. The van der Waals surface area contributed by atoms with Gasteiger partial charge in [-0.05, 0) is 12.0 Å². The van der Waals surface area contributed by atoms with Gasteiger partial charge in [-0.3, -0.25) is 9.89 Å². The summed E-state index contributed by atoms with van der Waals surface area (Å²) in [5, 5.41) is 6.49. The number of nitrogens with one attached hydrogen (secondary N) is 1. The second kappa shape index (κ2) is 2.56. The van der Waals surface area contributed by atoms with Crippen molar-refractivity contribution in [2.24, 2.45) is 5.73 Å². The molecule has 0 saturated heterocycles. The topological polar surface area (TPSA) is 81.0 Å². The lowest BCUT2D eigenvalue weighted by atomic mass is 10.1. The molecule has 3 N–H and O–H groups in total. The lowest BCUT2D eigenvalue weighted by Gasteiger charge is -2.06. The minimum Gasteiger partial charge on any atom is -0.468 e. The number of nitrogens with two attached hydrogens (primary N) is 1. The first-order chi connectivity index (χ1) is 6.18. The van der Waals surface area contributed by atoms with E-state index < -0.39 is 5.54 Å². The van der Waals surface area contributed by atoms with E-state index in [4.69, 9.17) is 5.73 Å². The highest BCUT2D eigenvalue weighted by atomic mass is 16.5. The second-order valence-electron chi connectivity index (χ2n) is 3.32. The zero-order chi connectivity index (χ0) is 9.47. The first-order valence-electron chi connectivity index (χ1n) is 4.04. The first kappa shape index (κ1) is 8.25. The Morgan fingerprint density at radius 1 is 1.92 bits per heavy atom. The molecule has 1 fully saturated rings. The molecule has 5 heteroatoms. The summed E-state index contributed by atoms with van der Waals surface area (Å²) in [5.74, 6) is -0.294. The molecule has 2 atom stereocenters. The maximum Gasteiger partial charge on any atom is 0.326 e. The number of nitrogens with zero attached hydrogens (tertiary/aromatic N) is 1. The van der Waals surface area contributed by atoms with Gasteiger partial charge in [0.1, 0.15) is 5.54 Å². The average molecular weight is 181 g/mol. The highest BCUT2D eigenvalue weighted by Crippen LogP contribution is 2.49. The van der Waals surface area contributed by atoms with Gasteiger partial charge in [-0.25, -0.2) is 0 Å². The van der Waals surface area contributed by atoms with Gasteiger partial charge in [0.2, 0.25) is 0 Å². The van der Waals surface area contributed by atoms with Crippen molar-refractivity contribution in [3.05, 3.63) is 18.0 Å². The van der Waals surface area contributed by atoms with E-state index in [0.717, 1.165) is 5.56 Å². The van der Waals surface area contributed by atoms with Crippen LogP contribution in [0.5, 0.6) is 0 Å². The maximum atomic E-state index is 11.2. The number of aromatic nitrogens is 2.